The Bertz CT molecular complexity index is 686. The summed E-state index contributed by atoms with van der Waals surface area (Å²) in [6.07, 6.45) is 1.19. The number of amides is 1. The minimum atomic E-state index is -3.18. The zero-order chi connectivity index (χ0) is 17.8. The molecule has 1 aromatic rings. The van der Waals surface area contributed by atoms with Gasteiger partial charge in [-0.25, -0.2) is 8.42 Å². The number of nitrogens with two attached hydrogens (primary N) is 1. The van der Waals surface area contributed by atoms with Gasteiger partial charge in [-0.3, -0.25) is 4.79 Å². The predicted molar refractivity (Wildman–Crippen MR) is 102 cm³/mol. The van der Waals surface area contributed by atoms with E-state index in [-0.39, 0.29) is 30.6 Å². The second-order valence-corrected chi connectivity index (χ2v) is 9.16. The third-order valence-electron chi connectivity index (χ3n) is 4.59. The first-order valence-electron chi connectivity index (χ1n) is 8.19. The van der Waals surface area contributed by atoms with Crippen molar-refractivity contribution in [1.29, 1.82) is 0 Å². The fraction of sp³-hybridized carbons (Fsp3) is 0.588. The van der Waals surface area contributed by atoms with E-state index in [9.17, 15) is 13.2 Å². The van der Waals surface area contributed by atoms with E-state index in [1.54, 1.807) is 38.1 Å². The third kappa shape index (κ3) is 5.41. The molecule has 1 aliphatic heterocycles. The average Bonchev–Trinajstić information content (AvgIpc) is 2.55. The number of hydrogen-bond donors (Lipinski definition) is 2. The molecular weight excluding hydrogens is 364 g/mol. The molecule has 0 aromatic heterocycles. The van der Waals surface area contributed by atoms with E-state index in [1.165, 1.54) is 0 Å². The molecular formula is C17H27ClN2O4S. The van der Waals surface area contributed by atoms with Crippen LogP contribution in [-0.4, -0.2) is 39.3 Å². The molecule has 25 heavy (non-hydrogen) atoms. The normalized spacial score (nSPS) is 17.0. The van der Waals surface area contributed by atoms with Gasteiger partial charge in [-0.15, -0.1) is 12.4 Å². The van der Waals surface area contributed by atoms with Crippen LogP contribution in [-0.2, 0) is 25.1 Å². The van der Waals surface area contributed by atoms with Crippen molar-refractivity contribution in [3.8, 4) is 0 Å². The Kier molecular flexibility index (Phi) is 7.87. The smallest absolute Gasteiger partial charge is 0.232 e. The highest BCUT2D eigenvalue weighted by atomic mass is 35.5. The molecule has 0 unspecified atom stereocenters. The molecule has 0 atom stereocenters. The molecule has 142 valence electrons. The molecule has 0 radical (unpaired) electrons. The number of hydrogen-bond acceptors (Lipinski definition) is 5. The lowest BCUT2D eigenvalue weighted by Gasteiger charge is -2.34. The molecule has 1 fully saturated rings. The van der Waals surface area contributed by atoms with Crippen molar-refractivity contribution in [1.82, 2.24) is 0 Å². The van der Waals surface area contributed by atoms with Crippen LogP contribution in [0.1, 0.15) is 32.3 Å². The SMILES string of the molecule is CC(C)S(=O)(=O)Cc1cccc(NC(=O)C2(CN)CCOCC2)c1.Cl. The first kappa shape index (κ1) is 21.9. The van der Waals surface area contributed by atoms with Gasteiger partial charge in [0.2, 0.25) is 5.91 Å². The monoisotopic (exact) mass is 390 g/mol. The molecule has 0 saturated carbocycles. The summed E-state index contributed by atoms with van der Waals surface area (Å²) in [6, 6.07) is 6.97. The van der Waals surface area contributed by atoms with Crippen molar-refractivity contribution < 1.29 is 17.9 Å². The van der Waals surface area contributed by atoms with Crippen LogP contribution in [0.25, 0.3) is 0 Å². The topological polar surface area (TPSA) is 98.5 Å². The summed E-state index contributed by atoms with van der Waals surface area (Å²) in [6.45, 7) is 4.65. The summed E-state index contributed by atoms with van der Waals surface area (Å²) in [5.74, 6) is -0.165. The lowest BCUT2D eigenvalue weighted by molar-refractivity contribution is -0.130. The van der Waals surface area contributed by atoms with Gasteiger partial charge in [0.25, 0.3) is 0 Å². The molecule has 0 bridgehead atoms. The standard InChI is InChI=1S/C17H26N2O4S.ClH/c1-13(2)24(21,22)11-14-4-3-5-15(10-14)19-16(20)17(12-18)6-8-23-9-7-17;/h3-5,10,13H,6-9,11-12,18H2,1-2H3,(H,19,20);1H. The van der Waals surface area contributed by atoms with Gasteiger partial charge in [-0.1, -0.05) is 12.1 Å². The number of nitrogens with one attached hydrogen (secondary N) is 1. The van der Waals surface area contributed by atoms with Gasteiger partial charge in [0.1, 0.15) is 0 Å². The van der Waals surface area contributed by atoms with Crippen LogP contribution in [0.3, 0.4) is 0 Å². The lowest BCUT2D eigenvalue weighted by atomic mass is 9.79. The first-order valence-corrected chi connectivity index (χ1v) is 9.90. The van der Waals surface area contributed by atoms with Crippen molar-refractivity contribution in [2.45, 2.75) is 37.7 Å². The number of rotatable bonds is 6. The summed E-state index contributed by atoms with van der Waals surface area (Å²) in [5.41, 5.74) is 6.49. The van der Waals surface area contributed by atoms with Gasteiger partial charge < -0.3 is 15.8 Å². The summed E-state index contributed by atoms with van der Waals surface area (Å²) >= 11 is 0. The number of sulfone groups is 1. The van der Waals surface area contributed by atoms with Crippen molar-refractivity contribution in [3.63, 3.8) is 0 Å². The number of carbonyl (C=O) groups excluding carboxylic acids is 1. The number of ether oxygens (including phenoxy) is 1. The van der Waals surface area contributed by atoms with E-state index in [2.05, 4.69) is 5.32 Å². The van der Waals surface area contributed by atoms with Crippen LogP contribution in [0.15, 0.2) is 24.3 Å². The van der Waals surface area contributed by atoms with Crippen LogP contribution in [0.5, 0.6) is 0 Å². The summed E-state index contributed by atoms with van der Waals surface area (Å²) < 4.78 is 29.4. The van der Waals surface area contributed by atoms with E-state index in [4.69, 9.17) is 10.5 Å². The highest BCUT2D eigenvalue weighted by molar-refractivity contribution is 7.91. The zero-order valence-electron chi connectivity index (χ0n) is 14.7. The number of carbonyl (C=O) groups is 1. The van der Waals surface area contributed by atoms with Gasteiger partial charge in [0, 0.05) is 25.4 Å². The van der Waals surface area contributed by atoms with E-state index in [0.29, 0.717) is 37.3 Å². The largest absolute Gasteiger partial charge is 0.381 e. The Morgan fingerprint density at radius 1 is 1.32 bits per heavy atom. The average molecular weight is 391 g/mol. The second-order valence-electron chi connectivity index (χ2n) is 6.61. The Labute approximate surface area is 155 Å². The Morgan fingerprint density at radius 2 is 1.96 bits per heavy atom. The maximum atomic E-state index is 12.7. The molecule has 6 nitrogen and oxygen atoms in total. The maximum absolute atomic E-state index is 12.7. The van der Waals surface area contributed by atoms with E-state index in [0.717, 1.165) is 0 Å². The van der Waals surface area contributed by atoms with Crippen molar-refractivity contribution in [3.05, 3.63) is 29.8 Å². The highest BCUT2D eigenvalue weighted by Crippen LogP contribution is 2.31. The maximum Gasteiger partial charge on any atom is 0.232 e. The summed E-state index contributed by atoms with van der Waals surface area (Å²) in [5, 5.41) is 2.46. The molecule has 1 aliphatic rings. The molecule has 1 aromatic carbocycles. The molecule has 1 saturated heterocycles. The van der Waals surface area contributed by atoms with Crippen molar-refractivity contribution >= 4 is 33.8 Å². The Morgan fingerprint density at radius 3 is 2.52 bits per heavy atom. The fourth-order valence-electron chi connectivity index (χ4n) is 2.69. The number of anilines is 1. The van der Waals surface area contributed by atoms with E-state index >= 15 is 0 Å². The lowest BCUT2D eigenvalue weighted by Crippen LogP contribution is -2.46. The fourth-order valence-corrected chi connectivity index (χ4v) is 3.67. The third-order valence-corrected chi connectivity index (χ3v) is 6.77. The second kappa shape index (κ2) is 8.98. The quantitative estimate of drug-likeness (QED) is 0.775. The van der Waals surface area contributed by atoms with E-state index in [1.807, 2.05) is 0 Å². The minimum absolute atomic E-state index is 0. The van der Waals surface area contributed by atoms with Crippen molar-refractivity contribution in [2.75, 3.05) is 25.1 Å². The van der Waals surface area contributed by atoms with Gasteiger partial charge in [-0.05, 0) is 44.4 Å². The van der Waals surface area contributed by atoms with Crippen LogP contribution >= 0.6 is 12.4 Å². The zero-order valence-corrected chi connectivity index (χ0v) is 16.3. The van der Waals surface area contributed by atoms with Gasteiger partial charge >= 0.3 is 0 Å². The minimum Gasteiger partial charge on any atom is -0.381 e. The molecule has 2 rings (SSSR count). The van der Waals surface area contributed by atoms with Gasteiger partial charge in [0.05, 0.1) is 16.4 Å². The van der Waals surface area contributed by atoms with Gasteiger partial charge in [0.15, 0.2) is 9.84 Å². The van der Waals surface area contributed by atoms with Crippen LogP contribution < -0.4 is 11.1 Å². The van der Waals surface area contributed by atoms with Crippen molar-refractivity contribution in [2.24, 2.45) is 11.1 Å². The molecule has 8 heteroatoms. The summed E-state index contributed by atoms with van der Waals surface area (Å²) in [7, 11) is -3.18. The molecule has 0 aliphatic carbocycles. The molecule has 3 N–H and O–H groups in total. The van der Waals surface area contributed by atoms with Gasteiger partial charge in [-0.2, -0.15) is 0 Å². The first-order chi connectivity index (χ1) is 11.3. The van der Waals surface area contributed by atoms with Crippen LogP contribution in [0.4, 0.5) is 5.69 Å². The molecule has 1 heterocycles. The Balaban J connectivity index is 0.00000312. The van der Waals surface area contributed by atoms with E-state index < -0.39 is 20.5 Å². The highest BCUT2D eigenvalue weighted by Gasteiger charge is 2.38. The number of benzene rings is 1. The van der Waals surface area contributed by atoms with Crippen LogP contribution in [0.2, 0.25) is 0 Å². The summed E-state index contributed by atoms with van der Waals surface area (Å²) in [4.78, 5) is 12.7. The number of halogens is 1. The molecule has 1 amide bonds. The van der Waals surface area contributed by atoms with Crippen LogP contribution in [0, 0.1) is 5.41 Å². The predicted octanol–water partition coefficient (Wildman–Crippen LogP) is 2.13. The Hall–Kier alpha value is -1.15. The molecule has 0 spiro atoms.